The molecule has 2 heteroatoms. The number of rotatable bonds is 10. The van der Waals surface area contributed by atoms with Gasteiger partial charge in [-0.3, -0.25) is 4.79 Å². The maximum absolute atomic E-state index is 12.2. The zero-order valence-corrected chi connectivity index (χ0v) is 18.3. The van der Waals surface area contributed by atoms with Gasteiger partial charge < -0.3 is 5.73 Å². The van der Waals surface area contributed by atoms with Gasteiger partial charge in [0.2, 0.25) is 0 Å². The molecule has 0 atom stereocenters. The Morgan fingerprint density at radius 2 is 1.52 bits per heavy atom. The van der Waals surface area contributed by atoms with Gasteiger partial charge >= 0.3 is 0 Å². The van der Waals surface area contributed by atoms with Crippen LogP contribution in [-0.2, 0) is 10.2 Å². The Kier molecular flexibility index (Phi) is 6.95. The summed E-state index contributed by atoms with van der Waals surface area (Å²) in [4.78, 5) is 12.2. The molecule has 154 valence electrons. The first-order valence-electron chi connectivity index (χ1n) is 11.2. The van der Waals surface area contributed by atoms with Crippen molar-refractivity contribution in [2.24, 2.45) is 0 Å². The molecule has 1 aliphatic carbocycles. The average Bonchev–Trinajstić information content (AvgIpc) is 2.92. The van der Waals surface area contributed by atoms with E-state index in [0.29, 0.717) is 6.42 Å². The highest BCUT2D eigenvalue weighted by Gasteiger charge is 2.35. The Balaban J connectivity index is 1.59. The van der Waals surface area contributed by atoms with E-state index >= 15 is 0 Å². The molecule has 2 aromatic carbocycles. The van der Waals surface area contributed by atoms with Crippen LogP contribution in [0.5, 0.6) is 0 Å². The van der Waals surface area contributed by atoms with Crippen LogP contribution < -0.4 is 5.73 Å². The van der Waals surface area contributed by atoms with Crippen molar-refractivity contribution in [3.8, 4) is 11.1 Å². The minimum absolute atomic E-state index is 0.0777. The van der Waals surface area contributed by atoms with Crippen molar-refractivity contribution in [3.63, 3.8) is 0 Å². The molecule has 2 aromatic rings. The summed E-state index contributed by atoms with van der Waals surface area (Å²) in [6.45, 7) is 6.73. The largest absolute Gasteiger partial charge is 0.399 e. The van der Waals surface area contributed by atoms with E-state index in [0.717, 1.165) is 24.1 Å². The van der Waals surface area contributed by atoms with Crippen LogP contribution in [0.1, 0.15) is 88.8 Å². The Morgan fingerprint density at radius 1 is 0.897 bits per heavy atom. The van der Waals surface area contributed by atoms with Gasteiger partial charge in [0.15, 0.2) is 5.78 Å². The maximum Gasteiger partial charge on any atom is 0.155 e. The molecule has 0 bridgehead atoms. The summed E-state index contributed by atoms with van der Waals surface area (Å²) in [7, 11) is 0. The molecule has 0 aliphatic heterocycles. The van der Waals surface area contributed by atoms with Crippen LogP contribution in [0.3, 0.4) is 0 Å². The molecule has 0 heterocycles. The lowest BCUT2D eigenvalue weighted by molar-refractivity contribution is -0.114. The van der Waals surface area contributed by atoms with E-state index in [4.69, 9.17) is 5.73 Å². The molecule has 0 radical (unpaired) electrons. The second-order valence-corrected chi connectivity index (χ2v) is 8.91. The lowest BCUT2D eigenvalue weighted by Gasteiger charge is -2.22. The number of carbonyl (C=O) groups is 1. The standard InChI is InChI=1S/C27H35NO/c1-4-5-6-7-8-9-10-11-22(29)15-12-20-13-16-23-24-17-14-21(28)19-26(24)27(2,3)25(23)18-20/h12-19H,4-11,28H2,1-3H3. The van der Waals surface area contributed by atoms with E-state index in [-0.39, 0.29) is 11.2 Å². The van der Waals surface area contributed by atoms with Gasteiger partial charge in [0.05, 0.1) is 0 Å². The minimum Gasteiger partial charge on any atom is -0.399 e. The van der Waals surface area contributed by atoms with Crippen LogP contribution in [0.25, 0.3) is 17.2 Å². The lowest BCUT2D eigenvalue weighted by Crippen LogP contribution is -2.15. The first-order valence-corrected chi connectivity index (χ1v) is 11.2. The number of hydrogen-bond acceptors (Lipinski definition) is 2. The summed E-state index contributed by atoms with van der Waals surface area (Å²) in [5.41, 5.74) is 13.0. The van der Waals surface area contributed by atoms with Gasteiger partial charge in [0.25, 0.3) is 0 Å². The van der Waals surface area contributed by atoms with Gasteiger partial charge in [-0.2, -0.15) is 0 Å². The highest BCUT2D eigenvalue weighted by Crippen LogP contribution is 2.49. The number of carbonyl (C=O) groups excluding carboxylic acids is 1. The number of nitrogens with two attached hydrogens (primary N) is 1. The molecule has 0 saturated carbocycles. The molecule has 0 aromatic heterocycles. The number of nitrogen functional groups attached to an aromatic ring is 1. The van der Waals surface area contributed by atoms with Gasteiger partial charge in [-0.15, -0.1) is 0 Å². The van der Waals surface area contributed by atoms with Crippen LogP contribution in [0.15, 0.2) is 42.5 Å². The molecule has 29 heavy (non-hydrogen) atoms. The fourth-order valence-corrected chi connectivity index (χ4v) is 4.41. The van der Waals surface area contributed by atoms with Crippen LogP contribution in [0.2, 0.25) is 0 Å². The highest BCUT2D eigenvalue weighted by atomic mass is 16.1. The molecular weight excluding hydrogens is 354 g/mol. The fraction of sp³-hybridized carbons (Fsp3) is 0.444. The molecule has 2 N–H and O–H groups in total. The number of benzene rings is 2. The number of fused-ring (bicyclic) bond motifs is 3. The molecule has 2 nitrogen and oxygen atoms in total. The third-order valence-corrected chi connectivity index (χ3v) is 6.21. The summed E-state index contributed by atoms with van der Waals surface area (Å²) in [5, 5.41) is 0. The molecule has 0 amide bonds. The minimum atomic E-state index is -0.0777. The van der Waals surface area contributed by atoms with Crippen LogP contribution in [0.4, 0.5) is 5.69 Å². The van der Waals surface area contributed by atoms with Crippen molar-refractivity contribution in [2.45, 2.75) is 77.6 Å². The Bertz CT molecular complexity index is 891. The normalized spacial score (nSPS) is 14.2. The number of anilines is 1. The zero-order valence-electron chi connectivity index (χ0n) is 18.3. The van der Waals surface area contributed by atoms with Crippen molar-refractivity contribution in [1.29, 1.82) is 0 Å². The van der Waals surface area contributed by atoms with Crippen molar-refractivity contribution < 1.29 is 4.79 Å². The first-order chi connectivity index (χ1) is 13.9. The van der Waals surface area contributed by atoms with Gasteiger partial charge in [-0.05, 0) is 52.4 Å². The topological polar surface area (TPSA) is 43.1 Å². The molecule has 3 rings (SSSR count). The van der Waals surface area contributed by atoms with E-state index in [1.165, 1.54) is 54.4 Å². The quantitative estimate of drug-likeness (QED) is 0.263. The first kappa shape index (κ1) is 21.4. The van der Waals surface area contributed by atoms with Crippen LogP contribution in [0, 0.1) is 0 Å². The van der Waals surface area contributed by atoms with Crippen molar-refractivity contribution in [2.75, 3.05) is 5.73 Å². The third kappa shape index (κ3) is 4.98. The second kappa shape index (κ2) is 9.43. The van der Waals surface area contributed by atoms with E-state index in [1.54, 1.807) is 6.08 Å². The summed E-state index contributed by atoms with van der Waals surface area (Å²) in [6.07, 6.45) is 13.0. The summed E-state index contributed by atoms with van der Waals surface area (Å²) in [6, 6.07) is 12.7. The van der Waals surface area contributed by atoms with Gasteiger partial charge in [0, 0.05) is 17.5 Å². The van der Waals surface area contributed by atoms with Gasteiger partial charge in [-0.25, -0.2) is 0 Å². The Morgan fingerprint density at radius 3 is 2.24 bits per heavy atom. The molecule has 0 fully saturated rings. The molecular formula is C27H35NO. The number of allylic oxidation sites excluding steroid dienone is 1. The smallest absolute Gasteiger partial charge is 0.155 e. The molecule has 0 spiro atoms. The van der Waals surface area contributed by atoms with Crippen molar-refractivity contribution in [3.05, 3.63) is 59.2 Å². The van der Waals surface area contributed by atoms with Crippen molar-refractivity contribution in [1.82, 2.24) is 0 Å². The van der Waals surface area contributed by atoms with Gasteiger partial charge in [-0.1, -0.05) is 89.6 Å². The maximum atomic E-state index is 12.2. The molecule has 1 aliphatic rings. The summed E-state index contributed by atoms with van der Waals surface area (Å²) < 4.78 is 0. The van der Waals surface area contributed by atoms with Gasteiger partial charge in [0.1, 0.15) is 0 Å². The van der Waals surface area contributed by atoms with E-state index in [1.807, 2.05) is 12.1 Å². The third-order valence-electron chi connectivity index (χ3n) is 6.21. The molecule has 0 unspecified atom stereocenters. The lowest BCUT2D eigenvalue weighted by atomic mass is 9.82. The number of hydrogen-bond donors (Lipinski definition) is 1. The van der Waals surface area contributed by atoms with Crippen LogP contribution in [-0.4, -0.2) is 5.78 Å². The van der Waals surface area contributed by atoms with E-state index < -0.39 is 0 Å². The summed E-state index contributed by atoms with van der Waals surface area (Å²) in [5.74, 6) is 0.231. The fourth-order valence-electron chi connectivity index (χ4n) is 4.41. The summed E-state index contributed by atoms with van der Waals surface area (Å²) >= 11 is 0. The zero-order chi connectivity index (χ0) is 20.9. The highest BCUT2D eigenvalue weighted by molar-refractivity contribution is 5.94. The van der Waals surface area contributed by atoms with Crippen molar-refractivity contribution >= 4 is 17.5 Å². The SMILES string of the molecule is CCCCCCCCCC(=O)C=Cc1ccc2c(c1)C(C)(C)c1cc(N)ccc1-2. The van der Waals surface area contributed by atoms with Crippen LogP contribution >= 0.6 is 0 Å². The predicted molar refractivity (Wildman–Crippen MR) is 125 cm³/mol. The monoisotopic (exact) mass is 389 g/mol. The average molecular weight is 390 g/mol. The Labute approximate surface area is 176 Å². The Hall–Kier alpha value is -2.35. The van der Waals surface area contributed by atoms with E-state index in [2.05, 4.69) is 51.1 Å². The second-order valence-electron chi connectivity index (χ2n) is 8.91. The predicted octanol–water partition coefficient (Wildman–Crippen LogP) is 7.30. The number of unbranched alkanes of at least 4 members (excludes halogenated alkanes) is 6. The molecule has 0 saturated heterocycles. The van der Waals surface area contributed by atoms with E-state index in [9.17, 15) is 4.79 Å². The number of ketones is 1.